The van der Waals surface area contributed by atoms with Gasteiger partial charge in [-0.15, -0.1) is 0 Å². The van der Waals surface area contributed by atoms with E-state index in [4.69, 9.17) is 5.11 Å². The standard InChI is InChI=1S/C16H21NO3/c1-11(2)12(3)10-17-16(20)14-7-4-13(5-8-14)6-9-15(18)19/h4-9,11-12H,10H2,1-3H3,(H,17,20)(H,18,19). The first-order valence-electron chi connectivity index (χ1n) is 6.69. The van der Waals surface area contributed by atoms with Crippen molar-refractivity contribution in [2.75, 3.05) is 6.54 Å². The molecule has 4 heteroatoms. The van der Waals surface area contributed by atoms with Crippen LogP contribution in [0.1, 0.15) is 36.7 Å². The van der Waals surface area contributed by atoms with Crippen LogP contribution < -0.4 is 5.32 Å². The molecule has 1 atom stereocenters. The van der Waals surface area contributed by atoms with E-state index in [1.165, 1.54) is 6.08 Å². The Balaban J connectivity index is 2.59. The third-order valence-corrected chi connectivity index (χ3v) is 3.31. The van der Waals surface area contributed by atoms with E-state index in [2.05, 4.69) is 26.1 Å². The Morgan fingerprint density at radius 3 is 2.30 bits per heavy atom. The van der Waals surface area contributed by atoms with Crippen LogP contribution >= 0.6 is 0 Å². The van der Waals surface area contributed by atoms with Gasteiger partial charge in [0.15, 0.2) is 0 Å². The molecule has 0 saturated heterocycles. The summed E-state index contributed by atoms with van der Waals surface area (Å²) >= 11 is 0. The number of hydrogen-bond acceptors (Lipinski definition) is 2. The number of rotatable bonds is 6. The minimum absolute atomic E-state index is 0.105. The maximum Gasteiger partial charge on any atom is 0.328 e. The van der Waals surface area contributed by atoms with Crippen LogP contribution in [0.25, 0.3) is 6.08 Å². The van der Waals surface area contributed by atoms with Crippen LogP contribution in [-0.4, -0.2) is 23.5 Å². The molecular formula is C16H21NO3. The molecule has 0 aliphatic heterocycles. The largest absolute Gasteiger partial charge is 0.478 e. The van der Waals surface area contributed by atoms with Gasteiger partial charge in [0.05, 0.1) is 0 Å². The molecule has 0 heterocycles. The fraction of sp³-hybridized carbons (Fsp3) is 0.375. The molecule has 0 aliphatic carbocycles. The first kappa shape index (κ1) is 16.0. The molecule has 0 bridgehead atoms. The van der Waals surface area contributed by atoms with E-state index < -0.39 is 5.97 Å². The van der Waals surface area contributed by atoms with Gasteiger partial charge in [-0.2, -0.15) is 0 Å². The maximum absolute atomic E-state index is 11.9. The van der Waals surface area contributed by atoms with Crippen molar-refractivity contribution >= 4 is 18.0 Å². The molecule has 1 unspecified atom stereocenters. The summed E-state index contributed by atoms with van der Waals surface area (Å²) in [5, 5.41) is 11.4. The smallest absolute Gasteiger partial charge is 0.328 e. The highest BCUT2D eigenvalue weighted by atomic mass is 16.4. The van der Waals surface area contributed by atoms with Gasteiger partial charge in [0, 0.05) is 18.2 Å². The number of carboxylic acid groups (broad SMARTS) is 1. The van der Waals surface area contributed by atoms with Crippen molar-refractivity contribution < 1.29 is 14.7 Å². The van der Waals surface area contributed by atoms with Gasteiger partial charge in [0.2, 0.25) is 0 Å². The van der Waals surface area contributed by atoms with Crippen LogP contribution in [0.5, 0.6) is 0 Å². The minimum atomic E-state index is -0.991. The monoisotopic (exact) mass is 275 g/mol. The molecule has 0 aliphatic rings. The van der Waals surface area contributed by atoms with Gasteiger partial charge >= 0.3 is 5.97 Å². The van der Waals surface area contributed by atoms with Crippen LogP contribution in [0, 0.1) is 11.8 Å². The molecule has 2 N–H and O–H groups in total. The van der Waals surface area contributed by atoms with Gasteiger partial charge < -0.3 is 10.4 Å². The zero-order chi connectivity index (χ0) is 15.1. The van der Waals surface area contributed by atoms with Gasteiger partial charge in [-0.25, -0.2) is 4.79 Å². The average molecular weight is 275 g/mol. The van der Waals surface area contributed by atoms with Crippen molar-refractivity contribution in [2.24, 2.45) is 11.8 Å². The van der Waals surface area contributed by atoms with E-state index in [9.17, 15) is 9.59 Å². The summed E-state index contributed by atoms with van der Waals surface area (Å²) in [4.78, 5) is 22.3. The Bertz CT molecular complexity index is 489. The normalized spacial score (nSPS) is 12.6. The SMILES string of the molecule is CC(C)C(C)CNC(=O)c1ccc(C=CC(=O)O)cc1. The van der Waals surface area contributed by atoms with E-state index in [1.54, 1.807) is 24.3 Å². The van der Waals surface area contributed by atoms with Crippen LogP contribution in [-0.2, 0) is 4.79 Å². The quantitative estimate of drug-likeness (QED) is 0.784. The third-order valence-electron chi connectivity index (χ3n) is 3.31. The number of hydrogen-bond donors (Lipinski definition) is 2. The Morgan fingerprint density at radius 2 is 1.80 bits per heavy atom. The summed E-state index contributed by atoms with van der Waals surface area (Å²) < 4.78 is 0. The summed E-state index contributed by atoms with van der Waals surface area (Å²) in [6.45, 7) is 7.00. The molecular weight excluding hydrogens is 254 g/mol. The molecule has 20 heavy (non-hydrogen) atoms. The first-order chi connectivity index (χ1) is 9.40. The molecule has 108 valence electrons. The molecule has 4 nitrogen and oxygen atoms in total. The topological polar surface area (TPSA) is 66.4 Å². The third kappa shape index (κ3) is 5.26. The van der Waals surface area contributed by atoms with Crippen LogP contribution in [0.2, 0.25) is 0 Å². The lowest BCUT2D eigenvalue weighted by molar-refractivity contribution is -0.131. The zero-order valence-corrected chi connectivity index (χ0v) is 12.1. The summed E-state index contributed by atoms with van der Waals surface area (Å²) in [6, 6.07) is 6.83. The predicted molar refractivity (Wildman–Crippen MR) is 79.4 cm³/mol. The Labute approximate surface area is 119 Å². The van der Waals surface area contributed by atoms with E-state index in [0.717, 1.165) is 11.6 Å². The van der Waals surface area contributed by atoms with E-state index >= 15 is 0 Å². The minimum Gasteiger partial charge on any atom is -0.478 e. The number of carbonyl (C=O) groups excluding carboxylic acids is 1. The molecule has 0 radical (unpaired) electrons. The Kier molecular flexibility index (Phi) is 5.97. The van der Waals surface area contributed by atoms with Crippen LogP contribution in [0.4, 0.5) is 0 Å². The molecule has 0 saturated carbocycles. The van der Waals surface area contributed by atoms with E-state index in [0.29, 0.717) is 23.9 Å². The molecule has 1 aromatic rings. The number of nitrogens with one attached hydrogen (secondary N) is 1. The predicted octanol–water partition coefficient (Wildman–Crippen LogP) is 2.81. The Hall–Kier alpha value is -2.10. The van der Waals surface area contributed by atoms with Crippen molar-refractivity contribution in [1.82, 2.24) is 5.32 Å². The highest BCUT2D eigenvalue weighted by molar-refractivity contribution is 5.94. The van der Waals surface area contributed by atoms with Crippen LogP contribution in [0.3, 0.4) is 0 Å². The van der Waals surface area contributed by atoms with Gasteiger partial charge in [0.25, 0.3) is 5.91 Å². The van der Waals surface area contributed by atoms with Gasteiger partial charge in [-0.1, -0.05) is 32.9 Å². The second-order valence-corrected chi connectivity index (χ2v) is 5.22. The molecule has 0 fully saturated rings. The number of amides is 1. The van der Waals surface area contributed by atoms with Crippen molar-refractivity contribution in [3.8, 4) is 0 Å². The fourth-order valence-electron chi connectivity index (χ4n) is 1.50. The molecule has 1 amide bonds. The van der Waals surface area contributed by atoms with Gasteiger partial charge in [-0.05, 0) is 35.6 Å². The lowest BCUT2D eigenvalue weighted by Gasteiger charge is -2.16. The van der Waals surface area contributed by atoms with Crippen molar-refractivity contribution in [1.29, 1.82) is 0 Å². The number of benzene rings is 1. The van der Waals surface area contributed by atoms with E-state index in [1.807, 2.05) is 0 Å². The molecule has 0 aromatic heterocycles. The van der Waals surface area contributed by atoms with Gasteiger partial charge in [0.1, 0.15) is 0 Å². The lowest BCUT2D eigenvalue weighted by atomic mass is 9.98. The Morgan fingerprint density at radius 1 is 1.20 bits per heavy atom. The second kappa shape index (κ2) is 7.48. The summed E-state index contributed by atoms with van der Waals surface area (Å²) in [7, 11) is 0. The maximum atomic E-state index is 11.9. The first-order valence-corrected chi connectivity index (χ1v) is 6.69. The van der Waals surface area contributed by atoms with Crippen molar-refractivity contribution in [3.63, 3.8) is 0 Å². The van der Waals surface area contributed by atoms with Crippen molar-refractivity contribution in [2.45, 2.75) is 20.8 Å². The van der Waals surface area contributed by atoms with Crippen molar-refractivity contribution in [3.05, 3.63) is 41.5 Å². The van der Waals surface area contributed by atoms with Gasteiger partial charge in [-0.3, -0.25) is 4.79 Å². The average Bonchev–Trinajstić information content (AvgIpc) is 2.42. The second-order valence-electron chi connectivity index (χ2n) is 5.22. The summed E-state index contributed by atoms with van der Waals surface area (Å²) in [5.74, 6) is -0.142. The number of aliphatic carboxylic acids is 1. The molecule has 1 rings (SSSR count). The number of carbonyl (C=O) groups is 2. The van der Waals surface area contributed by atoms with E-state index in [-0.39, 0.29) is 5.91 Å². The molecule has 0 spiro atoms. The zero-order valence-electron chi connectivity index (χ0n) is 12.1. The summed E-state index contributed by atoms with van der Waals surface area (Å²) in [5.41, 5.74) is 1.33. The summed E-state index contributed by atoms with van der Waals surface area (Å²) in [6.07, 6.45) is 2.56. The highest BCUT2D eigenvalue weighted by Crippen LogP contribution is 2.09. The fourth-order valence-corrected chi connectivity index (χ4v) is 1.50. The van der Waals surface area contributed by atoms with Crippen LogP contribution in [0.15, 0.2) is 30.3 Å². The number of carboxylic acids is 1. The highest BCUT2D eigenvalue weighted by Gasteiger charge is 2.10. The molecule has 1 aromatic carbocycles. The lowest BCUT2D eigenvalue weighted by Crippen LogP contribution is -2.30.